The Morgan fingerprint density at radius 1 is 1.31 bits per heavy atom. The second-order valence-corrected chi connectivity index (χ2v) is 3.73. The quantitative estimate of drug-likeness (QED) is 0.653. The molecule has 0 aromatic carbocycles. The van der Waals surface area contributed by atoms with Crippen LogP contribution < -0.4 is 5.32 Å². The fourth-order valence-corrected chi connectivity index (χ4v) is 1.86. The van der Waals surface area contributed by atoms with Gasteiger partial charge >= 0.3 is 0 Å². The van der Waals surface area contributed by atoms with E-state index in [0.29, 0.717) is 18.2 Å². The van der Waals surface area contributed by atoms with Gasteiger partial charge in [0.1, 0.15) is 0 Å². The molecule has 1 aliphatic heterocycles. The van der Waals surface area contributed by atoms with Crippen LogP contribution in [-0.2, 0) is 4.74 Å². The molecular formula is C11H19NO. The summed E-state index contributed by atoms with van der Waals surface area (Å²) in [5.74, 6) is 5.91. The van der Waals surface area contributed by atoms with Crippen LogP contribution in [0.3, 0.4) is 0 Å². The van der Waals surface area contributed by atoms with E-state index in [9.17, 15) is 0 Å². The standard InChI is InChI=1S/C11H19NO/c1-4-5-6-12-11-7-9(2)13-10(3)8-11/h9-12H,6-8H2,1-3H3. The molecule has 0 aliphatic carbocycles. The highest BCUT2D eigenvalue weighted by Crippen LogP contribution is 2.18. The van der Waals surface area contributed by atoms with E-state index in [1.807, 2.05) is 6.92 Å². The van der Waals surface area contributed by atoms with Gasteiger partial charge in [0.15, 0.2) is 0 Å². The van der Waals surface area contributed by atoms with Gasteiger partial charge in [0, 0.05) is 6.04 Å². The number of hydrogen-bond acceptors (Lipinski definition) is 2. The predicted octanol–water partition coefficient (Wildman–Crippen LogP) is 1.56. The lowest BCUT2D eigenvalue weighted by Crippen LogP contribution is -2.41. The zero-order valence-electron chi connectivity index (χ0n) is 8.76. The topological polar surface area (TPSA) is 21.3 Å². The van der Waals surface area contributed by atoms with Crippen LogP contribution in [0.15, 0.2) is 0 Å². The number of hydrogen-bond donors (Lipinski definition) is 1. The van der Waals surface area contributed by atoms with E-state index in [1.165, 1.54) is 0 Å². The largest absolute Gasteiger partial charge is 0.375 e. The van der Waals surface area contributed by atoms with Crippen molar-refractivity contribution in [2.45, 2.75) is 51.9 Å². The molecule has 1 N–H and O–H groups in total. The summed E-state index contributed by atoms with van der Waals surface area (Å²) < 4.78 is 5.65. The summed E-state index contributed by atoms with van der Waals surface area (Å²) in [4.78, 5) is 0. The first kappa shape index (κ1) is 10.6. The van der Waals surface area contributed by atoms with Crippen LogP contribution in [0.1, 0.15) is 33.6 Å². The maximum absolute atomic E-state index is 5.65. The average molecular weight is 181 g/mol. The van der Waals surface area contributed by atoms with E-state index in [2.05, 4.69) is 31.0 Å². The van der Waals surface area contributed by atoms with E-state index in [4.69, 9.17) is 4.74 Å². The second-order valence-electron chi connectivity index (χ2n) is 3.73. The third kappa shape index (κ3) is 3.80. The van der Waals surface area contributed by atoms with Crippen molar-refractivity contribution < 1.29 is 4.74 Å². The van der Waals surface area contributed by atoms with Gasteiger partial charge in [-0.2, -0.15) is 0 Å². The SMILES string of the molecule is CC#CCNC1CC(C)OC(C)C1. The van der Waals surface area contributed by atoms with Crippen molar-refractivity contribution in [3.63, 3.8) is 0 Å². The van der Waals surface area contributed by atoms with Crippen molar-refractivity contribution in [3.8, 4) is 11.8 Å². The molecule has 1 heterocycles. The zero-order valence-corrected chi connectivity index (χ0v) is 8.76. The van der Waals surface area contributed by atoms with Crippen LogP contribution in [0.25, 0.3) is 0 Å². The number of ether oxygens (including phenoxy) is 1. The lowest BCUT2D eigenvalue weighted by Gasteiger charge is -2.32. The molecule has 0 spiro atoms. The van der Waals surface area contributed by atoms with E-state index in [1.54, 1.807) is 0 Å². The maximum atomic E-state index is 5.65. The van der Waals surface area contributed by atoms with E-state index >= 15 is 0 Å². The lowest BCUT2D eigenvalue weighted by molar-refractivity contribution is -0.0414. The van der Waals surface area contributed by atoms with Gasteiger partial charge in [0.25, 0.3) is 0 Å². The Kier molecular flexibility index (Phi) is 4.27. The molecule has 2 atom stereocenters. The Hall–Kier alpha value is -0.520. The first-order valence-corrected chi connectivity index (χ1v) is 5.00. The predicted molar refractivity (Wildman–Crippen MR) is 54.5 cm³/mol. The van der Waals surface area contributed by atoms with Gasteiger partial charge in [-0.3, -0.25) is 0 Å². The fourth-order valence-electron chi connectivity index (χ4n) is 1.86. The van der Waals surface area contributed by atoms with E-state index in [0.717, 1.165) is 19.4 Å². The van der Waals surface area contributed by atoms with Crippen molar-refractivity contribution in [2.75, 3.05) is 6.54 Å². The average Bonchev–Trinajstić information content (AvgIpc) is 2.03. The van der Waals surface area contributed by atoms with Crippen molar-refractivity contribution in [1.29, 1.82) is 0 Å². The van der Waals surface area contributed by atoms with Gasteiger partial charge in [-0.25, -0.2) is 0 Å². The van der Waals surface area contributed by atoms with Crippen molar-refractivity contribution >= 4 is 0 Å². The molecule has 1 rings (SSSR count). The van der Waals surface area contributed by atoms with Gasteiger partial charge in [0.2, 0.25) is 0 Å². The zero-order chi connectivity index (χ0) is 9.68. The first-order chi connectivity index (χ1) is 6.22. The van der Waals surface area contributed by atoms with Gasteiger partial charge < -0.3 is 10.1 Å². The number of nitrogens with one attached hydrogen (secondary N) is 1. The summed E-state index contributed by atoms with van der Waals surface area (Å²) in [6.07, 6.45) is 2.98. The summed E-state index contributed by atoms with van der Waals surface area (Å²) in [6.45, 7) is 6.95. The van der Waals surface area contributed by atoms with E-state index < -0.39 is 0 Å². The van der Waals surface area contributed by atoms with E-state index in [-0.39, 0.29) is 0 Å². The Balaban J connectivity index is 2.27. The Morgan fingerprint density at radius 2 is 1.92 bits per heavy atom. The van der Waals surface area contributed by atoms with Gasteiger partial charge in [0.05, 0.1) is 18.8 Å². The smallest absolute Gasteiger partial charge is 0.0578 e. The van der Waals surface area contributed by atoms with Gasteiger partial charge in [-0.15, -0.1) is 5.92 Å². The molecule has 74 valence electrons. The molecule has 0 bridgehead atoms. The highest BCUT2D eigenvalue weighted by Gasteiger charge is 2.23. The first-order valence-electron chi connectivity index (χ1n) is 5.00. The summed E-state index contributed by atoms with van der Waals surface area (Å²) in [7, 11) is 0. The second kappa shape index (κ2) is 5.26. The van der Waals surface area contributed by atoms with Crippen molar-refractivity contribution in [2.24, 2.45) is 0 Å². The minimum atomic E-state index is 0.385. The molecule has 1 saturated heterocycles. The molecule has 0 aromatic rings. The molecule has 0 radical (unpaired) electrons. The Morgan fingerprint density at radius 3 is 2.46 bits per heavy atom. The van der Waals surface area contributed by atoms with Crippen LogP contribution in [-0.4, -0.2) is 24.8 Å². The fraction of sp³-hybridized carbons (Fsp3) is 0.818. The third-order valence-electron chi connectivity index (χ3n) is 2.35. The van der Waals surface area contributed by atoms with Crippen LogP contribution >= 0.6 is 0 Å². The molecule has 0 aromatic heterocycles. The molecule has 0 amide bonds. The van der Waals surface area contributed by atoms with Gasteiger partial charge in [-0.05, 0) is 33.6 Å². The highest BCUT2D eigenvalue weighted by atomic mass is 16.5. The van der Waals surface area contributed by atoms with Crippen molar-refractivity contribution in [1.82, 2.24) is 5.32 Å². The molecule has 2 nitrogen and oxygen atoms in total. The van der Waals surface area contributed by atoms with Crippen molar-refractivity contribution in [3.05, 3.63) is 0 Å². The summed E-state index contributed by atoms with van der Waals surface area (Å²) in [5, 5.41) is 3.43. The molecule has 1 aliphatic rings. The molecule has 13 heavy (non-hydrogen) atoms. The van der Waals surface area contributed by atoms with Crippen LogP contribution in [0.4, 0.5) is 0 Å². The molecule has 2 heteroatoms. The van der Waals surface area contributed by atoms with Crippen LogP contribution in [0, 0.1) is 11.8 Å². The molecular weight excluding hydrogens is 162 g/mol. The lowest BCUT2D eigenvalue weighted by atomic mass is 10.00. The molecule has 2 unspecified atom stereocenters. The van der Waals surface area contributed by atoms with Crippen LogP contribution in [0.2, 0.25) is 0 Å². The molecule has 0 saturated carbocycles. The maximum Gasteiger partial charge on any atom is 0.0578 e. The Bertz CT molecular complexity index is 194. The monoisotopic (exact) mass is 181 g/mol. The summed E-state index contributed by atoms with van der Waals surface area (Å²) in [6, 6.07) is 0.583. The minimum absolute atomic E-state index is 0.385. The minimum Gasteiger partial charge on any atom is -0.375 e. The molecule has 1 fully saturated rings. The highest BCUT2D eigenvalue weighted by molar-refractivity contribution is 4.98. The third-order valence-corrected chi connectivity index (χ3v) is 2.35. The summed E-state index contributed by atoms with van der Waals surface area (Å²) >= 11 is 0. The van der Waals surface area contributed by atoms with Crippen LogP contribution in [0.5, 0.6) is 0 Å². The number of rotatable bonds is 2. The normalized spacial score (nSPS) is 33.6. The Labute approximate surface area is 81.0 Å². The van der Waals surface area contributed by atoms with Gasteiger partial charge in [-0.1, -0.05) is 5.92 Å². The summed E-state index contributed by atoms with van der Waals surface area (Å²) in [5.41, 5.74) is 0.